The SMILES string of the molecule is CC.COc1ccc(CN(N)/C(N)=N\N)cc1. The van der Waals surface area contributed by atoms with Crippen LogP contribution in [-0.2, 0) is 6.54 Å². The van der Waals surface area contributed by atoms with E-state index in [0.29, 0.717) is 6.54 Å². The fraction of sp³-hybridized carbons (Fsp3) is 0.364. The summed E-state index contributed by atoms with van der Waals surface area (Å²) in [5, 5.41) is 4.55. The first-order valence-electron chi connectivity index (χ1n) is 5.36. The van der Waals surface area contributed by atoms with Gasteiger partial charge < -0.3 is 16.3 Å². The van der Waals surface area contributed by atoms with E-state index >= 15 is 0 Å². The third-order valence-corrected chi connectivity index (χ3v) is 1.94. The molecule has 0 spiro atoms. The Bertz CT molecular complexity index is 336. The maximum atomic E-state index is 5.60. The van der Waals surface area contributed by atoms with Crippen molar-refractivity contribution >= 4 is 5.96 Å². The normalized spacial score (nSPS) is 10.2. The summed E-state index contributed by atoms with van der Waals surface area (Å²) in [4.78, 5) is 0. The van der Waals surface area contributed by atoms with Crippen molar-refractivity contribution in [2.75, 3.05) is 7.11 Å². The maximum absolute atomic E-state index is 5.60. The average Bonchev–Trinajstić information content (AvgIpc) is 2.40. The van der Waals surface area contributed by atoms with Crippen LogP contribution in [0, 0.1) is 0 Å². The first-order valence-corrected chi connectivity index (χ1v) is 5.36. The molecule has 0 aliphatic carbocycles. The topological polar surface area (TPSA) is 103 Å². The van der Waals surface area contributed by atoms with E-state index in [1.165, 1.54) is 5.01 Å². The van der Waals surface area contributed by atoms with E-state index in [0.717, 1.165) is 11.3 Å². The summed E-state index contributed by atoms with van der Waals surface area (Å²) in [6, 6.07) is 7.48. The lowest BCUT2D eigenvalue weighted by Gasteiger charge is -2.16. The van der Waals surface area contributed by atoms with Gasteiger partial charge >= 0.3 is 0 Å². The van der Waals surface area contributed by atoms with Crippen LogP contribution in [0.15, 0.2) is 29.4 Å². The summed E-state index contributed by atoms with van der Waals surface area (Å²) >= 11 is 0. The number of methoxy groups -OCH3 is 1. The molecule has 6 nitrogen and oxygen atoms in total. The van der Waals surface area contributed by atoms with Gasteiger partial charge in [-0.25, -0.2) is 5.84 Å². The quantitative estimate of drug-likeness (QED) is 0.310. The predicted molar refractivity (Wildman–Crippen MR) is 69.9 cm³/mol. The average molecular weight is 239 g/mol. The molecule has 1 aromatic rings. The molecule has 96 valence electrons. The number of hydrogen-bond acceptors (Lipinski definition) is 4. The summed E-state index contributed by atoms with van der Waals surface area (Å²) in [6.07, 6.45) is 0. The molecule has 0 unspecified atom stereocenters. The molecule has 17 heavy (non-hydrogen) atoms. The molecule has 0 fully saturated rings. The van der Waals surface area contributed by atoms with Crippen molar-refractivity contribution in [3.63, 3.8) is 0 Å². The van der Waals surface area contributed by atoms with Gasteiger partial charge in [0.15, 0.2) is 0 Å². The molecule has 0 heterocycles. The van der Waals surface area contributed by atoms with Crippen LogP contribution >= 0.6 is 0 Å². The molecule has 0 radical (unpaired) electrons. The third kappa shape index (κ3) is 5.07. The number of ether oxygens (including phenoxy) is 1. The van der Waals surface area contributed by atoms with Gasteiger partial charge in [-0.3, -0.25) is 5.01 Å². The Hall–Kier alpha value is -1.95. The van der Waals surface area contributed by atoms with E-state index in [4.69, 9.17) is 22.2 Å². The number of nitrogens with zero attached hydrogens (tertiary/aromatic N) is 2. The molecule has 0 amide bonds. The zero-order chi connectivity index (χ0) is 13.3. The predicted octanol–water partition coefficient (Wildman–Crippen LogP) is 0.586. The largest absolute Gasteiger partial charge is 0.497 e. The van der Waals surface area contributed by atoms with Crippen LogP contribution in [0.5, 0.6) is 5.75 Å². The van der Waals surface area contributed by atoms with E-state index in [-0.39, 0.29) is 5.96 Å². The molecule has 6 N–H and O–H groups in total. The highest BCUT2D eigenvalue weighted by molar-refractivity contribution is 5.76. The maximum Gasteiger partial charge on any atom is 0.227 e. The van der Waals surface area contributed by atoms with E-state index < -0.39 is 0 Å². The number of hydrazine groups is 1. The van der Waals surface area contributed by atoms with Gasteiger partial charge in [-0.1, -0.05) is 26.0 Å². The van der Waals surface area contributed by atoms with Crippen molar-refractivity contribution < 1.29 is 4.74 Å². The Morgan fingerprint density at radius 3 is 2.24 bits per heavy atom. The molecule has 0 atom stereocenters. The molecular formula is C11H21N5O. The van der Waals surface area contributed by atoms with Gasteiger partial charge in [0.25, 0.3) is 0 Å². The van der Waals surface area contributed by atoms with Crippen LogP contribution < -0.4 is 22.2 Å². The molecular weight excluding hydrogens is 218 g/mol. The molecule has 1 rings (SSSR count). The van der Waals surface area contributed by atoms with Gasteiger partial charge in [-0.15, -0.1) is 5.10 Å². The molecule has 0 aliphatic heterocycles. The van der Waals surface area contributed by atoms with Crippen LogP contribution in [0.25, 0.3) is 0 Å². The molecule has 0 saturated carbocycles. The third-order valence-electron chi connectivity index (χ3n) is 1.94. The summed E-state index contributed by atoms with van der Waals surface area (Å²) in [5.74, 6) is 11.5. The monoisotopic (exact) mass is 239 g/mol. The van der Waals surface area contributed by atoms with Crippen LogP contribution in [0.1, 0.15) is 19.4 Å². The fourth-order valence-electron chi connectivity index (χ4n) is 1.08. The second-order valence-corrected chi connectivity index (χ2v) is 2.96. The number of benzene rings is 1. The number of rotatable bonds is 3. The minimum atomic E-state index is 0.0887. The van der Waals surface area contributed by atoms with Crippen molar-refractivity contribution in [3.05, 3.63) is 29.8 Å². The van der Waals surface area contributed by atoms with E-state index in [9.17, 15) is 0 Å². The molecule has 0 aromatic heterocycles. The summed E-state index contributed by atoms with van der Waals surface area (Å²) in [7, 11) is 1.61. The Morgan fingerprint density at radius 1 is 1.29 bits per heavy atom. The van der Waals surface area contributed by atoms with Gasteiger partial charge in [-0.2, -0.15) is 0 Å². The Kier molecular flexibility index (Phi) is 7.29. The van der Waals surface area contributed by atoms with Crippen LogP contribution in [0.4, 0.5) is 0 Å². The summed E-state index contributed by atoms with van der Waals surface area (Å²) < 4.78 is 5.03. The van der Waals surface area contributed by atoms with Crippen molar-refractivity contribution in [2.24, 2.45) is 22.5 Å². The summed E-state index contributed by atoms with van der Waals surface area (Å²) in [6.45, 7) is 4.44. The highest BCUT2D eigenvalue weighted by Gasteiger charge is 2.03. The Morgan fingerprint density at radius 2 is 1.82 bits per heavy atom. The number of hydrogen-bond donors (Lipinski definition) is 3. The molecule has 0 aliphatic rings. The molecule has 1 aromatic carbocycles. The van der Waals surface area contributed by atoms with Crippen LogP contribution in [-0.4, -0.2) is 18.1 Å². The van der Waals surface area contributed by atoms with Crippen LogP contribution in [0.3, 0.4) is 0 Å². The van der Waals surface area contributed by atoms with E-state index in [1.807, 2.05) is 38.1 Å². The van der Waals surface area contributed by atoms with E-state index in [1.54, 1.807) is 7.11 Å². The van der Waals surface area contributed by atoms with Gasteiger partial charge in [0.2, 0.25) is 5.96 Å². The zero-order valence-electron chi connectivity index (χ0n) is 10.6. The first kappa shape index (κ1) is 15.0. The minimum Gasteiger partial charge on any atom is -0.497 e. The Labute approximate surface area is 102 Å². The fourth-order valence-corrected chi connectivity index (χ4v) is 1.08. The lowest BCUT2D eigenvalue weighted by atomic mass is 10.2. The van der Waals surface area contributed by atoms with Crippen molar-refractivity contribution in [1.29, 1.82) is 0 Å². The number of nitrogens with two attached hydrogens (primary N) is 3. The number of hydrazone groups is 1. The lowest BCUT2D eigenvalue weighted by Crippen LogP contribution is -2.42. The van der Waals surface area contributed by atoms with Crippen molar-refractivity contribution in [2.45, 2.75) is 20.4 Å². The van der Waals surface area contributed by atoms with Crippen molar-refractivity contribution in [1.82, 2.24) is 5.01 Å². The lowest BCUT2D eigenvalue weighted by molar-refractivity contribution is 0.412. The summed E-state index contributed by atoms with van der Waals surface area (Å²) in [5.41, 5.74) is 6.41. The first-order chi connectivity index (χ1) is 8.17. The van der Waals surface area contributed by atoms with E-state index in [2.05, 4.69) is 5.10 Å². The molecule has 6 heteroatoms. The second-order valence-electron chi connectivity index (χ2n) is 2.96. The highest BCUT2D eigenvalue weighted by atomic mass is 16.5. The van der Waals surface area contributed by atoms with Gasteiger partial charge in [-0.05, 0) is 17.7 Å². The zero-order valence-corrected chi connectivity index (χ0v) is 10.6. The second kappa shape index (κ2) is 8.23. The van der Waals surface area contributed by atoms with Crippen molar-refractivity contribution in [3.8, 4) is 5.75 Å². The minimum absolute atomic E-state index is 0.0887. The van der Waals surface area contributed by atoms with Crippen LogP contribution in [0.2, 0.25) is 0 Å². The van der Waals surface area contributed by atoms with Gasteiger partial charge in [0.1, 0.15) is 5.75 Å². The number of guanidine groups is 1. The van der Waals surface area contributed by atoms with Gasteiger partial charge in [0.05, 0.1) is 13.7 Å². The van der Waals surface area contributed by atoms with Gasteiger partial charge in [0, 0.05) is 0 Å². The molecule has 0 bridgehead atoms. The smallest absolute Gasteiger partial charge is 0.227 e. The highest BCUT2D eigenvalue weighted by Crippen LogP contribution is 2.11. The Balaban J connectivity index is 0.00000121. The molecule has 0 saturated heterocycles. The standard InChI is InChI=1S/C9H15N5O.C2H6/c1-15-8-4-2-7(3-5-8)6-14(12)9(10)13-11;1-2/h2-5H,6,11-12H2,1H3,(H2,10,13);1-2H3.